The van der Waals surface area contributed by atoms with Crippen molar-refractivity contribution in [2.75, 3.05) is 19.6 Å². The van der Waals surface area contributed by atoms with Crippen LogP contribution in [-0.4, -0.2) is 30.8 Å². The van der Waals surface area contributed by atoms with E-state index in [9.17, 15) is 0 Å². The fraction of sp³-hybridized carbons (Fsp3) is 0.722. The Morgan fingerprint density at radius 1 is 1.17 bits per heavy atom. The highest BCUT2D eigenvalue weighted by atomic mass is 32.1. The van der Waals surface area contributed by atoms with Crippen LogP contribution in [0.4, 0.5) is 0 Å². The number of hydrogen-bond donors (Lipinski definition) is 3. The van der Waals surface area contributed by atoms with Gasteiger partial charge in [-0.1, -0.05) is 19.3 Å². The molecule has 3 rings (SSSR count). The molecule has 23 heavy (non-hydrogen) atoms. The van der Waals surface area contributed by atoms with E-state index in [0.717, 1.165) is 17.4 Å². The van der Waals surface area contributed by atoms with Crippen LogP contribution in [0.3, 0.4) is 0 Å². The molecule has 1 saturated carbocycles. The Labute approximate surface area is 145 Å². The first-order chi connectivity index (χ1) is 11.3. The van der Waals surface area contributed by atoms with E-state index in [4.69, 9.17) is 16.6 Å². The SMILES string of the molecule is S=C(NC[C@@H](c1ccco1)[NH+]1CCCCC1)NC1CCCCC1. The van der Waals surface area contributed by atoms with E-state index in [2.05, 4.69) is 16.7 Å². The molecule has 3 N–H and O–H groups in total. The van der Waals surface area contributed by atoms with Gasteiger partial charge >= 0.3 is 0 Å². The summed E-state index contributed by atoms with van der Waals surface area (Å²) in [7, 11) is 0. The topological polar surface area (TPSA) is 41.6 Å². The fourth-order valence-electron chi connectivity index (χ4n) is 3.97. The summed E-state index contributed by atoms with van der Waals surface area (Å²) in [6.07, 6.45) is 12.3. The smallest absolute Gasteiger partial charge is 0.166 e. The van der Waals surface area contributed by atoms with Crippen molar-refractivity contribution in [3.8, 4) is 0 Å². The fourth-order valence-corrected chi connectivity index (χ4v) is 4.22. The molecule has 1 saturated heterocycles. The Bertz CT molecular complexity index is 465. The van der Waals surface area contributed by atoms with Gasteiger partial charge in [0.25, 0.3) is 0 Å². The summed E-state index contributed by atoms with van der Waals surface area (Å²) >= 11 is 5.52. The molecule has 1 aliphatic carbocycles. The molecule has 1 aromatic rings. The molecular formula is C18H30N3OS+. The Kier molecular flexibility index (Phi) is 6.34. The molecule has 0 spiro atoms. The number of nitrogens with one attached hydrogen (secondary N) is 3. The summed E-state index contributed by atoms with van der Waals surface area (Å²) in [4.78, 5) is 1.62. The molecule has 1 aromatic heterocycles. The van der Waals surface area contributed by atoms with Crippen LogP contribution in [-0.2, 0) is 0 Å². The van der Waals surface area contributed by atoms with E-state index < -0.39 is 0 Å². The lowest BCUT2D eigenvalue weighted by molar-refractivity contribution is -0.936. The van der Waals surface area contributed by atoms with Crippen LogP contribution in [0.15, 0.2) is 22.8 Å². The van der Waals surface area contributed by atoms with Crippen LogP contribution in [0, 0.1) is 0 Å². The lowest BCUT2D eigenvalue weighted by atomic mass is 9.96. The third-order valence-corrected chi connectivity index (χ3v) is 5.54. The lowest BCUT2D eigenvalue weighted by Gasteiger charge is -2.31. The zero-order chi connectivity index (χ0) is 15.9. The summed E-state index contributed by atoms with van der Waals surface area (Å²) in [5.41, 5.74) is 0. The highest BCUT2D eigenvalue weighted by molar-refractivity contribution is 7.80. The van der Waals surface area contributed by atoms with Crippen molar-refractivity contribution in [1.29, 1.82) is 0 Å². The molecule has 2 heterocycles. The van der Waals surface area contributed by atoms with Crippen LogP contribution in [0.1, 0.15) is 63.2 Å². The van der Waals surface area contributed by atoms with Gasteiger partial charge in [0, 0.05) is 6.04 Å². The summed E-state index contributed by atoms with van der Waals surface area (Å²) in [6.45, 7) is 3.31. The maximum Gasteiger partial charge on any atom is 0.166 e. The van der Waals surface area contributed by atoms with Crippen LogP contribution in [0.5, 0.6) is 0 Å². The highest BCUT2D eigenvalue weighted by Crippen LogP contribution is 2.17. The highest BCUT2D eigenvalue weighted by Gasteiger charge is 2.28. The first-order valence-corrected chi connectivity index (χ1v) is 9.66. The second-order valence-electron chi connectivity index (χ2n) is 6.98. The number of furan rings is 1. The Hall–Kier alpha value is -1.07. The molecule has 0 radical (unpaired) electrons. The van der Waals surface area contributed by atoms with Crippen LogP contribution < -0.4 is 15.5 Å². The predicted molar refractivity (Wildman–Crippen MR) is 96.6 cm³/mol. The average molecular weight is 337 g/mol. The Morgan fingerprint density at radius 2 is 1.91 bits per heavy atom. The van der Waals surface area contributed by atoms with Gasteiger partial charge in [0.15, 0.2) is 16.9 Å². The van der Waals surface area contributed by atoms with Crippen LogP contribution >= 0.6 is 12.2 Å². The van der Waals surface area contributed by atoms with E-state index in [1.54, 1.807) is 11.2 Å². The second-order valence-corrected chi connectivity index (χ2v) is 7.38. The molecule has 0 unspecified atom stereocenters. The van der Waals surface area contributed by atoms with Crippen molar-refractivity contribution in [1.82, 2.24) is 10.6 Å². The molecule has 1 aliphatic heterocycles. The summed E-state index contributed by atoms with van der Waals surface area (Å²) in [5.74, 6) is 1.08. The van der Waals surface area contributed by atoms with Crippen molar-refractivity contribution >= 4 is 17.3 Å². The van der Waals surface area contributed by atoms with Gasteiger partial charge in [-0.25, -0.2) is 0 Å². The third-order valence-electron chi connectivity index (χ3n) is 5.28. The number of quaternary nitrogens is 1. The number of thiocarbonyl (C=S) groups is 1. The number of piperidine rings is 1. The maximum absolute atomic E-state index is 5.71. The molecule has 128 valence electrons. The van der Waals surface area contributed by atoms with Gasteiger partial charge in [-0.05, 0) is 56.5 Å². The molecule has 5 heteroatoms. The van der Waals surface area contributed by atoms with Crippen molar-refractivity contribution in [2.24, 2.45) is 0 Å². The number of likely N-dealkylation sites (tertiary alicyclic amines) is 1. The van der Waals surface area contributed by atoms with E-state index in [0.29, 0.717) is 12.1 Å². The Balaban J connectivity index is 1.52. The van der Waals surface area contributed by atoms with Crippen LogP contribution in [0.25, 0.3) is 0 Å². The second kappa shape index (κ2) is 8.69. The summed E-state index contributed by atoms with van der Waals surface area (Å²) < 4.78 is 5.71. The van der Waals surface area contributed by atoms with Crippen LogP contribution in [0.2, 0.25) is 0 Å². The van der Waals surface area contributed by atoms with E-state index in [-0.39, 0.29) is 0 Å². The van der Waals surface area contributed by atoms with Crippen molar-refractivity contribution in [3.63, 3.8) is 0 Å². The standard InChI is InChI=1S/C18H29N3OS/c23-18(20-15-8-3-1-4-9-15)19-14-16(17-10-7-13-22-17)21-11-5-2-6-12-21/h7,10,13,15-16H,1-6,8-9,11-12,14H2,(H2,19,20,23)/p+1/t16-/m0/s1. The first-order valence-electron chi connectivity index (χ1n) is 9.25. The van der Waals surface area contributed by atoms with Gasteiger partial charge in [0.1, 0.15) is 0 Å². The molecule has 0 aromatic carbocycles. The molecule has 2 aliphatic rings. The average Bonchev–Trinajstić information content (AvgIpc) is 3.11. The molecule has 0 bridgehead atoms. The number of hydrogen-bond acceptors (Lipinski definition) is 2. The molecule has 1 atom stereocenters. The summed E-state index contributed by atoms with van der Waals surface area (Å²) in [6, 6.07) is 5.01. The van der Waals surface area contributed by atoms with E-state index in [1.807, 2.05) is 6.07 Å². The summed E-state index contributed by atoms with van der Waals surface area (Å²) in [5, 5.41) is 7.77. The normalized spacial score (nSPS) is 21.7. The van der Waals surface area contributed by atoms with E-state index >= 15 is 0 Å². The quantitative estimate of drug-likeness (QED) is 0.721. The predicted octanol–water partition coefficient (Wildman–Crippen LogP) is 2.19. The zero-order valence-corrected chi connectivity index (χ0v) is 14.8. The first kappa shape index (κ1) is 16.8. The van der Waals surface area contributed by atoms with Gasteiger partial charge in [0.05, 0.1) is 25.9 Å². The monoisotopic (exact) mass is 336 g/mol. The van der Waals surface area contributed by atoms with Gasteiger partial charge in [-0.2, -0.15) is 0 Å². The third kappa shape index (κ3) is 4.95. The minimum Gasteiger partial charge on any atom is -0.463 e. The zero-order valence-electron chi connectivity index (χ0n) is 14.0. The maximum atomic E-state index is 5.71. The van der Waals surface area contributed by atoms with E-state index in [1.165, 1.54) is 64.5 Å². The molecule has 0 amide bonds. The Morgan fingerprint density at radius 3 is 2.61 bits per heavy atom. The van der Waals surface area contributed by atoms with Gasteiger partial charge in [0.2, 0.25) is 0 Å². The minimum absolute atomic E-state index is 0.358. The lowest BCUT2D eigenvalue weighted by Crippen LogP contribution is -3.13. The van der Waals surface area contributed by atoms with Crippen molar-refractivity contribution < 1.29 is 9.32 Å². The number of rotatable bonds is 5. The van der Waals surface area contributed by atoms with Crippen molar-refractivity contribution in [3.05, 3.63) is 24.2 Å². The van der Waals surface area contributed by atoms with Crippen molar-refractivity contribution in [2.45, 2.75) is 63.5 Å². The molecule has 4 nitrogen and oxygen atoms in total. The largest absolute Gasteiger partial charge is 0.463 e. The molecule has 2 fully saturated rings. The minimum atomic E-state index is 0.358. The molecular weight excluding hydrogens is 306 g/mol. The van der Waals surface area contributed by atoms with Gasteiger partial charge in [-0.15, -0.1) is 0 Å². The van der Waals surface area contributed by atoms with Gasteiger partial charge in [-0.3, -0.25) is 0 Å². The van der Waals surface area contributed by atoms with Gasteiger partial charge < -0.3 is 20.0 Å².